The average molecular weight is 366 g/mol. The van der Waals surface area contributed by atoms with Crippen LogP contribution < -0.4 is 9.64 Å². The second-order valence-electron chi connectivity index (χ2n) is 5.97. The van der Waals surface area contributed by atoms with Gasteiger partial charge in [-0.1, -0.05) is 11.6 Å². The van der Waals surface area contributed by atoms with Crippen molar-refractivity contribution >= 4 is 23.1 Å². The van der Waals surface area contributed by atoms with Gasteiger partial charge in [-0.2, -0.15) is 0 Å². The number of carbonyl (C=O) groups excluding carboxylic acids is 1. The van der Waals surface area contributed by atoms with Crippen LogP contribution in [0.1, 0.15) is 18.4 Å². The molecule has 0 radical (unpaired) electrons. The molecule has 132 valence electrons. The molecule has 25 heavy (non-hydrogen) atoms. The second kappa shape index (κ2) is 7.83. The Morgan fingerprint density at radius 3 is 2.44 bits per heavy atom. The van der Waals surface area contributed by atoms with Gasteiger partial charge in [-0.25, -0.2) is 8.78 Å². The first-order chi connectivity index (χ1) is 12.0. The smallest absolute Gasteiger partial charge is 0.147 e. The summed E-state index contributed by atoms with van der Waals surface area (Å²) < 4.78 is 32.7. The van der Waals surface area contributed by atoms with Crippen molar-refractivity contribution < 1.29 is 18.3 Å². The number of ether oxygens (including phenoxy) is 1. The molecule has 0 saturated carbocycles. The normalized spacial score (nSPS) is 14.7. The number of carbonyl (C=O) groups is 1. The highest BCUT2D eigenvalue weighted by Crippen LogP contribution is 2.29. The lowest BCUT2D eigenvalue weighted by atomic mass is 10.1. The van der Waals surface area contributed by atoms with E-state index in [1.807, 2.05) is 4.90 Å². The molecule has 1 aliphatic rings. The van der Waals surface area contributed by atoms with Gasteiger partial charge in [0.25, 0.3) is 0 Å². The number of halogens is 3. The van der Waals surface area contributed by atoms with Crippen LogP contribution in [0.4, 0.5) is 14.5 Å². The minimum atomic E-state index is -0.387. The van der Waals surface area contributed by atoms with Gasteiger partial charge in [0.15, 0.2) is 0 Å². The van der Waals surface area contributed by atoms with E-state index in [0.717, 1.165) is 5.56 Å². The molecule has 1 aliphatic heterocycles. The molecular formula is C19H18ClF2NO2. The van der Waals surface area contributed by atoms with E-state index >= 15 is 0 Å². The average Bonchev–Trinajstić information content (AvgIpc) is 2.59. The Balaban J connectivity index is 1.67. The number of piperidine rings is 1. The first kappa shape index (κ1) is 17.7. The third kappa shape index (κ3) is 4.48. The van der Waals surface area contributed by atoms with E-state index in [0.29, 0.717) is 55.4 Å². The molecule has 0 unspecified atom stereocenters. The molecule has 2 aromatic carbocycles. The van der Waals surface area contributed by atoms with Gasteiger partial charge in [0.05, 0.1) is 12.3 Å². The fourth-order valence-electron chi connectivity index (χ4n) is 2.82. The summed E-state index contributed by atoms with van der Waals surface area (Å²) in [7, 11) is 0. The van der Waals surface area contributed by atoms with Gasteiger partial charge in [0, 0.05) is 37.4 Å². The Hall–Kier alpha value is -2.14. The van der Waals surface area contributed by atoms with Crippen LogP contribution in [0.2, 0.25) is 5.02 Å². The fourth-order valence-corrected chi connectivity index (χ4v) is 3.07. The molecule has 0 N–H and O–H groups in total. The Labute approximate surface area is 150 Å². The number of hydrogen-bond donors (Lipinski definition) is 0. The maximum Gasteiger partial charge on any atom is 0.147 e. The van der Waals surface area contributed by atoms with Crippen LogP contribution in [-0.4, -0.2) is 25.5 Å². The quantitative estimate of drug-likeness (QED) is 0.786. The zero-order valence-electron chi connectivity index (χ0n) is 13.6. The molecule has 1 saturated heterocycles. The van der Waals surface area contributed by atoms with Crippen LogP contribution in [-0.2, 0) is 11.2 Å². The summed E-state index contributed by atoms with van der Waals surface area (Å²) in [5.74, 6) is 0.0640. The van der Waals surface area contributed by atoms with Gasteiger partial charge in [0.1, 0.15) is 23.2 Å². The van der Waals surface area contributed by atoms with Gasteiger partial charge < -0.3 is 9.64 Å². The summed E-state index contributed by atoms with van der Waals surface area (Å²) in [6.07, 6.45) is 1.37. The molecule has 2 aromatic rings. The lowest BCUT2D eigenvalue weighted by Crippen LogP contribution is -2.34. The molecule has 0 amide bonds. The van der Waals surface area contributed by atoms with Gasteiger partial charge in [0.2, 0.25) is 0 Å². The zero-order valence-corrected chi connectivity index (χ0v) is 14.4. The summed E-state index contributed by atoms with van der Waals surface area (Å²) in [6, 6.07) is 8.80. The second-order valence-corrected chi connectivity index (χ2v) is 6.38. The third-order valence-electron chi connectivity index (χ3n) is 4.23. The summed E-state index contributed by atoms with van der Waals surface area (Å²) in [5.41, 5.74) is 1.24. The Kier molecular flexibility index (Phi) is 5.53. The van der Waals surface area contributed by atoms with Crippen molar-refractivity contribution in [1.82, 2.24) is 0 Å². The maximum absolute atomic E-state index is 14.3. The SMILES string of the molecule is O=C1CCN(c2cc(CCOc3ccc(F)cc3)c(Cl)cc2F)CC1. The predicted octanol–water partition coefficient (Wildman–Crippen LogP) is 4.41. The summed E-state index contributed by atoms with van der Waals surface area (Å²) >= 11 is 6.15. The number of hydrogen-bond acceptors (Lipinski definition) is 3. The van der Waals surface area contributed by atoms with Crippen LogP contribution in [0.3, 0.4) is 0 Å². The van der Waals surface area contributed by atoms with Crippen LogP contribution in [0, 0.1) is 11.6 Å². The third-order valence-corrected chi connectivity index (χ3v) is 4.58. The standard InChI is InChI=1S/C19H18ClF2NO2/c20-17-12-18(22)19(23-8-5-15(24)6-9-23)11-13(17)7-10-25-16-3-1-14(21)2-4-16/h1-4,11-12H,5-10H2. The Morgan fingerprint density at radius 2 is 1.76 bits per heavy atom. The zero-order chi connectivity index (χ0) is 17.8. The van der Waals surface area contributed by atoms with Crippen molar-refractivity contribution in [2.45, 2.75) is 19.3 Å². The van der Waals surface area contributed by atoms with Gasteiger partial charge in [-0.3, -0.25) is 4.79 Å². The summed E-state index contributed by atoms with van der Waals surface area (Å²) in [6.45, 7) is 1.38. The van der Waals surface area contributed by atoms with Gasteiger partial charge >= 0.3 is 0 Å². The molecule has 0 aromatic heterocycles. The highest BCUT2D eigenvalue weighted by atomic mass is 35.5. The first-order valence-electron chi connectivity index (χ1n) is 8.16. The van der Waals surface area contributed by atoms with Gasteiger partial charge in [-0.05, 0) is 42.0 Å². The number of ketones is 1. The fraction of sp³-hybridized carbons (Fsp3) is 0.316. The van der Waals surface area contributed by atoms with Crippen molar-refractivity contribution in [2.24, 2.45) is 0 Å². The topological polar surface area (TPSA) is 29.5 Å². The molecule has 0 aliphatic carbocycles. The molecule has 3 rings (SSSR count). The summed E-state index contributed by atoms with van der Waals surface area (Å²) in [4.78, 5) is 13.2. The van der Waals surface area contributed by atoms with E-state index in [4.69, 9.17) is 16.3 Å². The minimum absolute atomic E-state index is 0.207. The number of anilines is 1. The molecule has 0 spiro atoms. The van der Waals surface area contributed by atoms with E-state index in [2.05, 4.69) is 0 Å². The molecule has 1 fully saturated rings. The summed E-state index contributed by atoms with van der Waals surface area (Å²) in [5, 5.41) is 0.344. The van der Waals surface area contributed by atoms with Crippen molar-refractivity contribution in [3.05, 3.63) is 58.6 Å². The van der Waals surface area contributed by atoms with Crippen LogP contribution in [0.15, 0.2) is 36.4 Å². The number of benzene rings is 2. The van der Waals surface area contributed by atoms with Crippen molar-refractivity contribution in [3.63, 3.8) is 0 Å². The van der Waals surface area contributed by atoms with Crippen molar-refractivity contribution in [3.8, 4) is 5.75 Å². The minimum Gasteiger partial charge on any atom is -0.493 e. The molecule has 1 heterocycles. The van der Waals surface area contributed by atoms with Crippen molar-refractivity contribution in [2.75, 3.05) is 24.6 Å². The lowest BCUT2D eigenvalue weighted by Gasteiger charge is -2.29. The van der Waals surface area contributed by atoms with Crippen LogP contribution in [0.25, 0.3) is 0 Å². The number of rotatable bonds is 5. The largest absolute Gasteiger partial charge is 0.493 e. The first-order valence-corrected chi connectivity index (χ1v) is 8.53. The van der Waals surface area contributed by atoms with E-state index < -0.39 is 0 Å². The highest BCUT2D eigenvalue weighted by molar-refractivity contribution is 6.31. The molecule has 0 atom stereocenters. The molecular weight excluding hydrogens is 348 g/mol. The number of nitrogens with zero attached hydrogens (tertiary/aromatic N) is 1. The van der Waals surface area contributed by atoms with E-state index in [9.17, 15) is 13.6 Å². The van der Waals surface area contributed by atoms with Gasteiger partial charge in [-0.15, -0.1) is 0 Å². The maximum atomic E-state index is 14.3. The van der Waals surface area contributed by atoms with E-state index in [1.54, 1.807) is 18.2 Å². The lowest BCUT2D eigenvalue weighted by molar-refractivity contribution is -0.119. The Morgan fingerprint density at radius 1 is 1.08 bits per heavy atom. The molecule has 0 bridgehead atoms. The predicted molar refractivity (Wildman–Crippen MR) is 93.5 cm³/mol. The van der Waals surface area contributed by atoms with Crippen LogP contribution >= 0.6 is 11.6 Å². The molecule has 6 heteroatoms. The van der Waals surface area contributed by atoms with E-state index in [1.165, 1.54) is 18.2 Å². The molecule has 3 nitrogen and oxygen atoms in total. The van der Waals surface area contributed by atoms with Crippen LogP contribution in [0.5, 0.6) is 5.75 Å². The van der Waals surface area contributed by atoms with Crippen molar-refractivity contribution in [1.29, 1.82) is 0 Å². The number of Topliss-reactive ketones (excluding diaryl/α,β-unsaturated/α-hetero) is 1. The monoisotopic (exact) mass is 365 g/mol. The highest BCUT2D eigenvalue weighted by Gasteiger charge is 2.20. The van der Waals surface area contributed by atoms with E-state index in [-0.39, 0.29) is 17.4 Å². The Bertz CT molecular complexity index is 755.